The molecule has 0 spiro atoms. The maximum absolute atomic E-state index is 2.30. The van der Waals surface area contributed by atoms with Gasteiger partial charge in [-0.15, -0.1) is 0 Å². The Morgan fingerprint density at radius 2 is 1.35 bits per heavy atom. The Labute approximate surface area is 111 Å². The second kappa shape index (κ2) is 11.5. The van der Waals surface area contributed by atoms with E-state index in [-0.39, 0.29) is 0 Å². The maximum Gasteiger partial charge on any atom is -0.0170 e. The van der Waals surface area contributed by atoms with E-state index in [1.165, 1.54) is 89.6 Å². The largest absolute Gasteiger partial charge is 0.0775 e. The molecule has 1 aliphatic rings. The molecular weight excluding hydrogens is 223 g/mol. The van der Waals surface area contributed by atoms with Gasteiger partial charge in [-0.1, -0.05) is 79.7 Å². The van der Waals surface area contributed by atoms with Gasteiger partial charge in [-0.3, -0.25) is 0 Å². The fraction of sp³-hybridized carbons (Fsp3) is 1.00. The van der Waals surface area contributed by atoms with E-state index in [1.807, 2.05) is 0 Å². The fourth-order valence-corrected chi connectivity index (χ4v) is 4.28. The summed E-state index contributed by atoms with van der Waals surface area (Å²) in [5.74, 6) is 0. The van der Waals surface area contributed by atoms with Crippen LogP contribution in [0.25, 0.3) is 0 Å². The first-order valence-electron chi connectivity index (χ1n) is 8.10. The van der Waals surface area contributed by atoms with E-state index in [2.05, 4.69) is 6.92 Å². The first-order chi connectivity index (χ1) is 8.43. The minimum Gasteiger partial charge on any atom is -0.0775 e. The van der Waals surface area contributed by atoms with E-state index >= 15 is 0 Å². The van der Waals surface area contributed by atoms with Crippen LogP contribution in [0.5, 0.6) is 0 Å². The molecule has 0 aromatic carbocycles. The van der Waals surface area contributed by atoms with Crippen LogP contribution in [0.1, 0.15) is 90.4 Å². The second-order valence-corrected chi connectivity index (χ2v) is 7.22. The van der Waals surface area contributed by atoms with Crippen molar-refractivity contribution in [1.29, 1.82) is 0 Å². The van der Waals surface area contributed by atoms with Crippen LogP contribution in [0.3, 0.4) is 0 Å². The Kier molecular flexibility index (Phi) is 10.5. The summed E-state index contributed by atoms with van der Waals surface area (Å²) in [7, 11) is 1.78. The van der Waals surface area contributed by atoms with Crippen molar-refractivity contribution in [1.82, 2.24) is 0 Å². The summed E-state index contributed by atoms with van der Waals surface area (Å²) in [6, 6.07) is 0. The van der Waals surface area contributed by atoms with Gasteiger partial charge in [-0.25, -0.2) is 0 Å². The molecule has 1 heteroatoms. The highest BCUT2D eigenvalue weighted by Gasteiger charge is 2.10. The van der Waals surface area contributed by atoms with Crippen LogP contribution in [-0.4, -0.2) is 11.8 Å². The molecule has 101 valence electrons. The molecule has 1 fully saturated rings. The Balaban J connectivity index is 2.05. The average molecular weight is 255 g/mol. The molecule has 0 heterocycles. The third-order valence-corrected chi connectivity index (χ3v) is 5.58. The van der Waals surface area contributed by atoms with E-state index in [0.29, 0.717) is 0 Å². The summed E-state index contributed by atoms with van der Waals surface area (Å²) < 4.78 is 0. The molecule has 0 aromatic rings. The van der Waals surface area contributed by atoms with Gasteiger partial charge in [0.1, 0.15) is 0 Å². The average Bonchev–Trinajstić information content (AvgIpc) is 2.36. The number of hydrogen-bond donors (Lipinski definition) is 0. The van der Waals surface area contributed by atoms with E-state index in [9.17, 15) is 0 Å². The SMILES string of the molecule is CCCCCC[P]C1CCCCCCCCC1. The summed E-state index contributed by atoms with van der Waals surface area (Å²) in [5.41, 5.74) is 1.05. The van der Waals surface area contributed by atoms with Crippen LogP contribution >= 0.6 is 8.58 Å². The molecule has 0 aromatic heterocycles. The molecule has 0 nitrogen and oxygen atoms in total. The van der Waals surface area contributed by atoms with Crippen molar-refractivity contribution in [3.05, 3.63) is 0 Å². The van der Waals surface area contributed by atoms with Gasteiger partial charge in [-0.05, 0) is 31.1 Å². The highest BCUT2D eigenvalue weighted by Crippen LogP contribution is 2.31. The zero-order chi connectivity index (χ0) is 12.2. The molecule has 17 heavy (non-hydrogen) atoms. The van der Waals surface area contributed by atoms with Crippen molar-refractivity contribution in [2.45, 2.75) is 96.1 Å². The summed E-state index contributed by atoms with van der Waals surface area (Å²) >= 11 is 0. The normalized spacial score (nSPS) is 21.0. The topological polar surface area (TPSA) is 0 Å². The number of rotatable bonds is 6. The lowest BCUT2D eigenvalue weighted by Crippen LogP contribution is -2.03. The smallest absolute Gasteiger partial charge is 0.0170 e. The molecule has 0 N–H and O–H groups in total. The first-order valence-corrected chi connectivity index (χ1v) is 9.25. The van der Waals surface area contributed by atoms with Gasteiger partial charge < -0.3 is 0 Å². The summed E-state index contributed by atoms with van der Waals surface area (Å²) in [5, 5.41) is 0. The molecule has 1 aliphatic carbocycles. The number of unbranched alkanes of at least 4 members (excludes halogenated alkanes) is 3. The fourth-order valence-electron chi connectivity index (χ4n) is 2.78. The van der Waals surface area contributed by atoms with Crippen LogP contribution in [-0.2, 0) is 0 Å². The molecule has 0 atom stereocenters. The van der Waals surface area contributed by atoms with Crippen molar-refractivity contribution >= 4 is 8.58 Å². The Bertz CT molecular complexity index is 146. The molecular formula is C16H32P. The van der Waals surface area contributed by atoms with E-state index < -0.39 is 0 Å². The molecule has 0 saturated heterocycles. The quantitative estimate of drug-likeness (QED) is 0.380. The van der Waals surface area contributed by atoms with Gasteiger partial charge in [0.2, 0.25) is 0 Å². The third-order valence-electron chi connectivity index (χ3n) is 3.97. The lowest BCUT2D eigenvalue weighted by molar-refractivity contribution is 0.509. The third kappa shape index (κ3) is 9.06. The van der Waals surface area contributed by atoms with Crippen molar-refractivity contribution in [2.75, 3.05) is 6.16 Å². The van der Waals surface area contributed by atoms with Crippen molar-refractivity contribution < 1.29 is 0 Å². The lowest BCUT2D eigenvalue weighted by Gasteiger charge is -2.17. The Morgan fingerprint density at radius 3 is 1.94 bits per heavy atom. The van der Waals surface area contributed by atoms with E-state index in [1.54, 1.807) is 8.58 Å². The highest BCUT2D eigenvalue weighted by molar-refractivity contribution is 7.38. The van der Waals surface area contributed by atoms with Crippen LogP contribution in [0.15, 0.2) is 0 Å². The zero-order valence-corrected chi connectivity index (χ0v) is 12.8. The zero-order valence-electron chi connectivity index (χ0n) is 11.9. The standard InChI is InChI=1S/C16H32P/c1-2-3-4-12-15-17-16-13-10-8-6-5-7-9-11-14-16/h16H,2-15H2,1H3. The van der Waals surface area contributed by atoms with Crippen LogP contribution in [0, 0.1) is 0 Å². The van der Waals surface area contributed by atoms with Crippen molar-refractivity contribution in [3.63, 3.8) is 0 Å². The van der Waals surface area contributed by atoms with Crippen LogP contribution < -0.4 is 0 Å². The van der Waals surface area contributed by atoms with Gasteiger partial charge in [-0.2, -0.15) is 0 Å². The monoisotopic (exact) mass is 255 g/mol. The Morgan fingerprint density at radius 1 is 0.765 bits per heavy atom. The van der Waals surface area contributed by atoms with E-state index in [0.717, 1.165) is 5.66 Å². The first kappa shape index (κ1) is 15.5. The van der Waals surface area contributed by atoms with Crippen LogP contribution in [0.4, 0.5) is 0 Å². The summed E-state index contributed by atoms with van der Waals surface area (Å²) in [6.45, 7) is 2.30. The van der Waals surface area contributed by atoms with Gasteiger partial charge >= 0.3 is 0 Å². The minimum absolute atomic E-state index is 1.05. The molecule has 0 bridgehead atoms. The molecule has 1 radical (unpaired) electrons. The van der Waals surface area contributed by atoms with E-state index in [4.69, 9.17) is 0 Å². The summed E-state index contributed by atoms with van der Waals surface area (Å²) in [6.07, 6.45) is 20.8. The molecule has 0 aliphatic heterocycles. The van der Waals surface area contributed by atoms with Gasteiger partial charge in [0.15, 0.2) is 0 Å². The van der Waals surface area contributed by atoms with Gasteiger partial charge in [0, 0.05) is 0 Å². The van der Waals surface area contributed by atoms with Gasteiger partial charge in [0.25, 0.3) is 0 Å². The summed E-state index contributed by atoms with van der Waals surface area (Å²) in [4.78, 5) is 0. The lowest BCUT2D eigenvalue weighted by atomic mass is 10.0. The molecule has 0 amide bonds. The maximum atomic E-state index is 2.30. The second-order valence-electron chi connectivity index (χ2n) is 5.67. The molecule has 1 saturated carbocycles. The van der Waals surface area contributed by atoms with Crippen LogP contribution in [0.2, 0.25) is 0 Å². The van der Waals surface area contributed by atoms with Crippen molar-refractivity contribution in [2.24, 2.45) is 0 Å². The molecule has 0 unspecified atom stereocenters. The minimum atomic E-state index is 1.05. The highest BCUT2D eigenvalue weighted by atomic mass is 31.1. The number of hydrogen-bond acceptors (Lipinski definition) is 0. The molecule has 1 rings (SSSR count). The van der Waals surface area contributed by atoms with Crippen molar-refractivity contribution in [3.8, 4) is 0 Å². The Hall–Kier alpha value is 0.430. The predicted molar refractivity (Wildman–Crippen MR) is 81.3 cm³/mol. The predicted octanol–water partition coefficient (Wildman–Crippen LogP) is 6.41. The van der Waals surface area contributed by atoms with Gasteiger partial charge in [0.05, 0.1) is 0 Å².